The van der Waals surface area contributed by atoms with Gasteiger partial charge in [-0.25, -0.2) is 8.78 Å². The zero-order valence-electron chi connectivity index (χ0n) is 18.1. The number of carbonyl (C=O) groups excluding carboxylic acids is 1. The van der Waals surface area contributed by atoms with Gasteiger partial charge in [-0.1, -0.05) is 6.07 Å². The number of benzene rings is 1. The first-order valence-electron chi connectivity index (χ1n) is 11.1. The highest BCUT2D eigenvalue weighted by Crippen LogP contribution is 2.63. The van der Waals surface area contributed by atoms with E-state index in [1.807, 2.05) is 6.07 Å². The van der Waals surface area contributed by atoms with Gasteiger partial charge in [0.05, 0.1) is 24.2 Å². The molecule has 1 aromatic carbocycles. The molecule has 2 aromatic heterocycles. The highest BCUT2D eigenvalue weighted by Gasteiger charge is 2.58. The van der Waals surface area contributed by atoms with E-state index >= 15 is 0 Å². The van der Waals surface area contributed by atoms with Crippen molar-refractivity contribution in [3.63, 3.8) is 0 Å². The predicted molar refractivity (Wildman–Crippen MR) is 115 cm³/mol. The van der Waals surface area contributed by atoms with Gasteiger partial charge in [0.2, 0.25) is 5.89 Å². The molecule has 1 unspecified atom stereocenters. The van der Waals surface area contributed by atoms with Crippen LogP contribution in [0.2, 0.25) is 0 Å². The maximum absolute atomic E-state index is 13.4. The lowest BCUT2D eigenvalue weighted by molar-refractivity contribution is -0.139. The van der Waals surface area contributed by atoms with Crippen LogP contribution in [0.1, 0.15) is 65.9 Å². The van der Waals surface area contributed by atoms with Crippen LogP contribution < -0.4 is 5.32 Å². The van der Waals surface area contributed by atoms with Crippen molar-refractivity contribution in [3.05, 3.63) is 71.2 Å². The maximum atomic E-state index is 13.4. The monoisotopic (exact) mass is 468 g/mol. The highest BCUT2D eigenvalue weighted by atomic mass is 19.2. The van der Waals surface area contributed by atoms with Crippen molar-refractivity contribution >= 4 is 17.6 Å². The first kappa shape index (κ1) is 22.1. The molecule has 3 aromatic rings. The van der Waals surface area contributed by atoms with E-state index in [0.29, 0.717) is 11.3 Å². The molecule has 0 aliphatic heterocycles. The number of nitrogens with zero attached hydrogens (tertiary/aromatic N) is 3. The molecule has 2 aliphatic carbocycles. The van der Waals surface area contributed by atoms with Crippen LogP contribution in [0.4, 0.5) is 14.5 Å². The van der Waals surface area contributed by atoms with Crippen molar-refractivity contribution in [2.75, 3.05) is 5.32 Å². The first-order valence-corrected chi connectivity index (χ1v) is 11.1. The normalized spacial score (nSPS) is 23.6. The largest absolute Gasteiger partial charge is 0.481 e. The minimum Gasteiger partial charge on any atom is -0.481 e. The van der Waals surface area contributed by atoms with Gasteiger partial charge in [0.15, 0.2) is 11.6 Å². The molecule has 1 spiro atoms. The van der Waals surface area contributed by atoms with Crippen molar-refractivity contribution < 1.29 is 27.9 Å². The van der Waals surface area contributed by atoms with E-state index in [1.54, 1.807) is 12.3 Å². The zero-order chi connectivity index (χ0) is 23.9. The number of anilines is 1. The third-order valence-electron chi connectivity index (χ3n) is 6.93. The molecular formula is C24H22F2N4O4. The standard InChI is InChI=1S/C24H22F2N4O4/c25-17-3-1-13(9-18(17)26)10-20-29-30-22(34-20)21(31)28-15-2-4-19(27-12-15)14-5-7-24(8-6-14)11-16(24)23(32)33/h1-4,9,12,14,16H,5-8,10-11H2,(H,28,31)(H,32,33). The highest BCUT2D eigenvalue weighted by molar-refractivity contribution is 6.00. The van der Waals surface area contributed by atoms with Crippen LogP contribution in [0.3, 0.4) is 0 Å². The third kappa shape index (κ3) is 4.40. The summed E-state index contributed by atoms with van der Waals surface area (Å²) in [4.78, 5) is 28.2. The molecule has 2 N–H and O–H groups in total. The predicted octanol–water partition coefficient (Wildman–Crippen LogP) is 4.33. The molecule has 1 amide bonds. The summed E-state index contributed by atoms with van der Waals surface area (Å²) in [6.07, 6.45) is 6.02. The molecule has 5 rings (SSSR count). The topological polar surface area (TPSA) is 118 Å². The summed E-state index contributed by atoms with van der Waals surface area (Å²) < 4.78 is 31.8. The van der Waals surface area contributed by atoms with E-state index in [1.165, 1.54) is 6.07 Å². The number of halogens is 2. The Labute approximate surface area is 193 Å². The molecule has 34 heavy (non-hydrogen) atoms. The third-order valence-corrected chi connectivity index (χ3v) is 6.93. The van der Waals surface area contributed by atoms with E-state index in [-0.39, 0.29) is 35.5 Å². The molecule has 1 atom stereocenters. The van der Waals surface area contributed by atoms with Crippen LogP contribution in [0, 0.1) is 23.0 Å². The molecule has 2 aliphatic rings. The lowest BCUT2D eigenvalue weighted by atomic mass is 9.77. The Morgan fingerprint density at radius 2 is 1.91 bits per heavy atom. The number of rotatable bonds is 6. The first-order chi connectivity index (χ1) is 16.3. The average molecular weight is 468 g/mol. The summed E-state index contributed by atoms with van der Waals surface area (Å²) in [7, 11) is 0. The fourth-order valence-electron chi connectivity index (χ4n) is 4.88. The van der Waals surface area contributed by atoms with Crippen LogP contribution in [-0.2, 0) is 11.2 Å². The van der Waals surface area contributed by atoms with Crippen LogP contribution in [0.5, 0.6) is 0 Å². The maximum Gasteiger partial charge on any atom is 0.313 e. The Morgan fingerprint density at radius 3 is 2.56 bits per heavy atom. The number of aromatic nitrogens is 3. The van der Waals surface area contributed by atoms with Crippen LogP contribution in [0.25, 0.3) is 0 Å². The Balaban J connectivity index is 1.16. The van der Waals surface area contributed by atoms with E-state index < -0.39 is 23.5 Å². The summed E-state index contributed by atoms with van der Waals surface area (Å²) in [5, 5.41) is 19.4. The van der Waals surface area contributed by atoms with Gasteiger partial charge in [0.25, 0.3) is 0 Å². The number of pyridine rings is 1. The van der Waals surface area contributed by atoms with Crippen LogP contribution in [0.15, 0.2) is 40.9 Å². The van der Waals surface area contributed by atoms with Crippen LogP contribution in [-0.4, -0.2) is 32.2 Å². The summed E-state index contributed by atoms with van der Waals surface area (Å²) in [5.74, 6) is -3.29. The molecule has 8 nitrogen and oxygen atoms in total. The Morgan fingerprint density at radius 1 is 1.12 bits per heavy atom. The van der Waals surface area contributed by atoms with Gasteiger partial charge in [-0.15, -0.1) is 10.2 Å². The molecule has 0 saturated heterocycles. The number of nitrogens with one attached hydrogen (secondary N) is 1. The number of carboxylic acid groups (broad SMARTS) is 1. The van der Waals surface area contributed by atoms with Gasteiger partial charge in [-0.05, 0) is 67.3 Å². The van der Waals surface area contributed by atoms with Gasteiger partial charge in [-0.3, -0.25) is 14.6 Å². The van der Waals surface area contributed by atoms with Crippen molar-refractivity contribution in [1.82, 2.24) is 15.2 Å². The minimum absolute atomic E-state index is 0.00988. The molecule has 2 saturated carbocycles. The fourth-order valence-corrected chi connectivity index (χ4v) is 4.88. The second kappa shape index (κ2) is 8.58. The fraction of sp³-hybridized carbons (Fsp3) is 0.375. The van der Waals surface area contributed by atoms with Gasteiger partial charge in [-0.2, -0.15) is 0 Å². The van der Waals surface area contributed by atoms with E-state index in [0.717, 1.165) is 49.9 Å². The van der Waals surface area contributed by atoms with Crippen molar-refractivity contribution in [2.24, 2.45) is 11.3 Å². The number of carbonyl (C=O) groups is 2. The smallest absolute Gasteiger partial charge is 0.313 e. The van der Waals surface area contributed by atoms with E-state index in [9.17, 15) is 23.5 Å². The summed E-state index contributed by atoms with van der Waals surface area (Å²) >= 11 is 0. The number of aliphatic carboxylic acids is 1. The summed E-state index contributed by atoms with van der Waals surface area (Å²) in [6, 6.07) is 7.06. The quantitative estimate of drug-likeness (QED) is 0.553. The Hall–Kier alpha value is -3.69. The number of carboxylic acids is 1. The van der Waals surface area contributed by atoms with Gasteiger partial charge < -0.3 is 14.8 Å². The second-order valence-corrected chi connectivity index (χ2v) is 9.08. The number of amides is 1. The van der Waals surface area contributed by atoms with Crippen molar-refractivity contribution in [3.8, 4) is 0 Å². The molecular weight excluding hydrogens is 446 g/mol. The number of hydrogen-bond donors (Lipinski definition) is 2. The lowest BCUT2D eigenvalue weighted by Gasteiger charge is -2.28. The lowest BCUT2D eigenvalue weighted by Crippen LogP contribution is -2.19. The number of hydrogen-bond acceptors (Lipinski definition) is 6. The zero-order valence-corrected chi connectivity index (χ0v) is 18.1. The van der Waals surface area contributed by atoms with Gasteiger partial charge in [0.1, 0.15) is 0 Å². The average Bonchev–Trinajstić information content (AvgIpc) is 3.32. The second-order valence-electron chi connectivity index (χ2n) is 9.08. The van der Waals surface area contributed by atoms with Gasteiger partial charge in [0, 0.05) is 11.6 Å². The molecule has 10 heteroatoms. The van der Waals surface area contributed by atoms with Crippen molar-refractivity contribution in [2.45, 2.75) is 44.4 Å². The molecule has 0 bridgehead atoms. The molecule has 176 valence electrons. The molecule has 2 fully saturated rings. The Kier molecular flexibility index (Phi) is 5.59. The minimum atomic E-state index is -0.976. The molecule has 0 radical (unpaired) electrons. The van der Waals surface area contributed by atoms with Crippen LogP contribution >= 0.6 is 0 Å². The molecule has 2 heterocycles. The summed E-state index contributed by atoms with van der Waals surface area (Å²) in [5.41, 5.74) is 1.81. The SMILES string of the molecule is O=C(Nc1ccc(C2CCC3(CC2)CC3C(=O)O)nc1)c1nnc(Cc2ccc(F)c(F)c2)o1. The Bertz CT molecular complexity index is 1240. The van der Waals surface area contributed by atoms with E-state index in [2.05, 4.69) is 20.5 Å². The van der Waals surface area contributed by atoms with E-state index in [4.69, 9.17) is 4.42 Å². The summed E-state index contributed by atoms with van der Waals surface area (Å²) in [6.45, 7) is 0. The van der Waals surface area contributed by atoms with Gasteiger partial charge >= 0.3 is 17.8 Å². The van der Waals surface area contributed by atoms with Crippen molar-refractivity contribution in [1.29, 1.82) is 0 Å².